The van der Waals surface area contributed by atoms with Gasteiger partial charge in [-0.25, -0.2) is 0 Å². The Kier molecular flexibility index (Phi) is 5.64. The molecule has 0 aliphatic rings. The zero-order chi connectivity index (χ0) is 7.98. The highest BCUT2D eigenvalue weighted by Gasteiger charge is 2.06. The maximum Gasteiger partial charge on any atom is 0.0944 e. The normalized spacial score (nSPS) is 11.4. The van der Waals surface area contributed by atoms with Gasteiger partial charge in [0.1, 0.15) is 0 Å². The molecular formula is C8H21N2+. The fraction of sp³-hybridized carbons (Fsp3) is 1.00. The van der Waals surface area contributed by atoms with Gasteiger partial charge in [0, 0.05) is 14.1 Å². The smallest absolute Gasteiger partial charge is 0.0944 e. The monoisotopic (exact) mass is 145 g/mol. The van der Waals surface area contributed by atoms with Gasteiger partial charge in [-0.3, -0.25) is 5.01 Å². The highest BCUT2D eigenvalue weighted by atomic mass is 15.6. The van der Waals surface area contributed by atoms with Gasteiger partial charge in [-0.2, -0.15) is 5.01 Å². The molecule has 10 heavy (non-hydrogen) atoms. The first-order valence-electron chi connectivity index (χ1n) is 4.24. The molecule has 0 bridgehead atoms. The zero-order valence-electron chi connectivity index (χ0n) is 7.78. The minimum absolute atomic E-state index is 1.26. The maximum atomic E-state index is 2.26. The van der Waals surface area contributed by atoms with Gasteiger partial charge in [0.05, 0.1) is 13.1 Å². The summed E-state index contributed by atoms with van der Waals surface area (Å²) in [4.78, 5) is 0. The lowest BCUT2D eigenvalue weighted by Crippen LogP contribution is -3.17. The number of nitrogens with zero attached hydrogens (tertiary/aromatic N) is 1. The van der Waals surface area contributed by atoms with Crippen LogP contribution in [0.15, 0.2) is 0 Å². The van der Waals surface area contributed by atoms with Crippen molar-refractivity contribution in [3.05, 3.63) is 0 Å². The molecule has 2 heteroatoms. The van der Waals surface area contributed by atoms with Crippen LogP contribution in [-0.2, 0) is 0 Å². The van der Waals surface area contributed by atoms with E-state index in [-0.39, 0.29) is 0 Å². The lowest BCUT2D eigenvalue weighted by Gasteiger charge is -2.23. The second kappa shape index (κ2) is 5.69. The van der Waals surface area contributed by atoms with Gasteiger partial charge in [0.25, 0.3) is 0 Å². The molecule has 0 atom stereocenters. The fourth-order valence-corrected chi connectivity index (χ4v) is 1.15. The highest BCUT2D eigenvalue weighted by molar-refractivity contribution is 4.24. The molecule has 0 radical (unpaired) electrons. The van der Waals surface area contributed by atoms with Crippen molar-refractivity contribution >= 4 is 0 Å². The van der Waals surface area contributed by atoms with Crippen LogP contribution in [0, 0.1) is 0 Å². The van der Waals surface area contributed by atoms with E-state index in [4.69, 9.17) is 0 Å². The number of rotatable bonds is 5. The first-order valence-corrected chi connectivity index (χ1v) is 4.24. The molecule has 0 aromatic rings. The predicted molar refractivity (Wildman–Crippen MR) is 45.0 cm³/mol. The summed E-state index contributed by atoms with van der Waals surface area (Å²) in [5.74, 6) is 0. The van der Waals surface area contributed by atoms with Crippen molar-refractivity contribution in [2.75, 3.05) is 27.2 Å². The van der Waals surface area contributed by atoms with Crippen LogP contribution in [0.1, 0.15) is 26.7 Å². The second-order valence-corrected chi connectivity index (χ2v) is 2.96. The van der Waals surface area contributed by atoms with Gasteiger partial charge >= 0.3 is 0 Å². The third-order valence-corrected chi connectivity index (χ3v) is 1.71. The molecule has 0 aliphatic heterocycles. The van der Waals surface area contributed by atoms with E-state index in [1.165, 1.54) is 25.9 Å². The van der Waals surface area contributed by atoms with Crippen LogP contribution in [0.4, 0.5) is 0 Å². The van der Waals surface area contributed by atoms with Gasteiger partial charge in [-0.15, -0.1) is 0 Å². The lowest BCUT2D eigenvalue weighted by atomic mass is 10.4. The molecule has 0 unspecified atom stereocenters. The minimum atomic E-state index is 1.26. The molecule has 0 fully saturated rings. The summed E-state index contributed by atoms with van der Waals surface area (Å²) < 4.78 is 0. The SMILES string of the molecule is CCC[NH+](CCC)N(C)C. The maximum absolute atomic E-state index is 2.26. The fourth-order valence-electron chi connectivity index (χ4n) is 1.15. The topological polar surface area (TPSA) is 7.68 Å². The first-order chi connectivity index (χ1) is 4.72. The summed E-state index contributed by atoms with van der Waals surface area (Å²) in [6, 6.07) is 0. The van der Waals surface area contributed by atoms with E-state index in [0.29, 0.717) is 0 Å². The zero-order valence-corrected chi connectivity index (χ0v) is 7.78. The molecule has 0 rings (SSSR count). The summed E-state index contributed by atoms with van der Waals surface area (Å²) in [5, 5.41) is 3.84. The summed E-state index contributed by atoms with van der Waals surface area (Å²) in [6.07, 6.45) is 2.54. The molecule has 0 saturated heterocycles. The van der Waals surface area contributed by atoms with Gasteiger partial charge in [0.2, 0.25) is 0 Å². The number of hydrogen-bond donors (Lipinski definition) is 1. The van der Waals surface area contributed by atoms with E-state index in [1.54, 1.807) is 5.01 Å². The van der Waals surface area contributed by atoms with Crippen molar-refractivity contribution in [1.82, 2.24) is 5.01 Å². The standard InChI is InChI=1S/C8H20N2/c1-5-7-10(8-6-2)9(3)4/h5-8H2,1-4H3/p+1. The Hall–Kier alpha value is -0.0800. The van der Waals surface area contributed by atoms with Crippen LogP contribution >= 0.6 is 0 Å². The Morgan fingerprint density at radius 3 is 1.60 bits per heavy atom. The van der Waals surface area contributed by atoms with Crippen LogP contribution in [0.25, 0.3) is 0 Å². The molecular weight excluding hydrogens is 124 g/mol. The number of quaternary nitrogens is 1. The molecule has 2 nitrogen and oxygen atoms in total. The summed E-state index contributed by atoms with van der Waals surface area (Å²) in [7, 11) is 4.28. The summed E-state index contributed by atoms with van der Waals surface area (Å²) in [5.41, 5.74) is 0. The van der Waals surface area contributed by atoms with E-state index in [0.717, 1.165) is 0 Å². The van der Waals surface area contributed by atoms with Crippen molar-refractivity contribution in [2.45, 2.75) is 26.7 Å². The van der Waals surface area contributed by atoms with Crippen LogP contribution in [0.2, 0.25) is 0 Å². The van der Waals surface area contributed by atoms with Crippen molar-refractivity contribution in [3.8, 4) is 0 Å². The van der Waals surface area contributed by atoms with Gasteiger partial charge < -0.3 is 0 Å². The Labute approximate surface area is 64.8 Å². The van der Waals surface area contributed by atoms with E-state index in [9.17, 15) is 0 Å². The van der Waals surface area contributed by atoms with Crippen LogP contribution in [-0.4, -0.2) is 32.2 Å². The Morgan fingerprint density at radius 2 is 1.40 bits per heavy atom. The average molecular weight is 145 g/mol. The molecule has 1 N–H and O–H groups in total. The van der Waals surface area contributed by atoms with Crippen molar-refractivity contribution in [2.24, 2.45) is 0 Å². The van der Waals surface area contributed by atoms with E-state index >= 15 is 0 Å². The molecule has 0 spiro atoms. The molecule has 0 aromatic carbocycles. The van der Waals surface area contributed by atoms with Gasteiger partial charge in [-0.05, 0) is 12.8 Å². The Morgan fingerprint density at radius 1 is 1.00 bits per heavy atom. The van der Waals surface area contributed by atoms with E-state index in [2.05, 4.69) is 33.0 Å². The average Bonchev–Trinajstić information content (AvgIpc) is 1.87. The Bertz CT molecular complexity index is 65.7. The van der Waals surface area contributed by atoms with Crippen LogP contribution in [0.3, 0.4) is 0 Å². The highest BCUT2D eigenvalue weighted by Crippen LogP contribution is 1.69. The van der Waals surface area contributed by atoms with Crippen molar-refractivity contribution in [1.29, 1.82) is 0 Å². The van der Waals surface area contributed by atoms with E-state index < -0.39 is 0 Å². The molecule has 0 aliphatic carbocycles. The number of hydrogen-bond acceptors (Lipinski definition) is 1. The van der Waals surface area contributed by atoms with Crippen molar-refractivity contribution in [3.63, 3.8) is 0 Å². The third kappa shape index (κ3) is 3.85. The van der Waals surface area contributed by atoms with Gasteiger partial charge in [-0.1, -0.05) is 13.8 Å². The summed E-state index contributed by atoms with van der Waals surface area (Å²) >= 11 is 0. The van der Waals surface area contributed by atoms with Gasteiger partial charge in [0.15, 0.2) is 0 Å². The lowest BCUT2D eigenvalue weighted by molar-refractivity contribution is -1.01. The Balaban J connectivity index is 3.50. The summed E-state index contributed by atoms with van der Waals surface area (Å²) in [6.45, 7) is 7.00. The van der Waals surface area contributed by atoms with Crippen molar-refractivity contribution < 1.29 is 5.01 Å². The largest absolute Gasteiger partial charge is 0.255 e. The van der Waals surface area contributed by atoms with Crippen LogP contribution in [0.5, 0.6) is 0 Å². The molecule has 0 saturated carbocycles. The van der Waals surface area contributed by atoms with E-state index in [1.807, 2.05) is 0 Å². The molecule has 62 valence electrons. The third-order valence-electron chi connectivity index (χ3n) is 1.71. The quantitative estimate of drug-likeness (QED) is 0.542. The molecule has 0 heterocycles. The first kappa shape index (κ1) is 9.92. The second-order valence-electron chi connectivity index (χ2n) is 2.96. The molecule has 0 amide bonds. The number of nitrogens with one attached hydrogen (secondary N) is 1. The minimum Gasteiger partial charge on any atom is -0.255 e. The van der Waals surface area contributed by atoms with Crippen LogP contribution < -0.4 is 5.01 Å². The predicted octanol–water partition coefficient (Wildman–Crippen LogP) is 0.168. The molecule has 0 aromatic heterocycles.